The molecule has 2 N–H and O–H groups in total. The van der Waals surface area contributed by atoms with E-state index in [9.17, 15) is 0 Å². The molecule has 3 nitrogen and oxygen atoms in total. The highest BCUT2D eigenvalue weighted by Crippen LogP contribution is 2.24. The molecule has 102 valence electrons. The Labute approximate surface area is 122 Å². The molecule has 0 atom stereocenters. The number of nitrogens with zero attached hydrogens (tertiary/aromatic N) is 1. The van der Waals surface area contributed by atoms with Crippen LogP contribution < -0.4 is 10.5 Å². The molecule has 0 unspecified atom stereocenters. The van der Waals surface area contributed by atoms with Gasteiger partial charge in [-0.25, -0.2) is 4.98 Å². The van der Waals surface area contributed by atoms with Gasteiger partial charge in [0.2, 0.25) is 0 Å². The molecule has 19 heavy (non-hydrogen) atoms. The number of thiazole rings is 1. The highest BCUT2D eigenvalue weighted by atomic mass is 35.5. The first-order valence-electron chi connectivity index (χ1n) is 6.08. The largest absolute Gasteiger partial charge is 0.492 e. The maximum Gasteiger partial charge on any atom is 0.137 e. The third-order valence-electron chi connectivity index (χ3n) is 2.62. The van der Waals surface area contributed by atoms with Gasteiger partial charge < -0.3 is 10.5 Å². The molecule has 0 bridgehead atoms. The predicted molar refractivity (Wildman–Crippen MR) is 80.0 cm³/mol. The fourth-order valence-corrected chi connectivity index (χ4v) is 2.68. The van der Waals surface area contributed by atoms with E-state index in [-0.39, 0.29) is 0 Å². The molecule has 2 aromatic rings. The van der Waals surface area contributed by atoms with Crippen molar-refractivity contribution < 1.29 is 4.74 Å². The summed E-state index contributed by atoms with van der Waals surface area (Å²) in [6.07, 6.45) is 0.756. The van der Waals surface area contributed by atoms with Crippen LogP contribution in [0, 0.1) is 0 Å². The molecule has 0 amide bonds. The Morgan fingerprint density at radius 3 is 2.74 bits per heavy atom. The fraction of sp³-hybridized carbons (Fsp3) is 0.357. The van der Waals surface area contributed by atoms with Crippen molar-refractivity contribution in [2.75, 3.05) is 6.61 Å². The highest BCUT2D eigenvalue weighted by molar-refractivity contribution is 7.09. The summed E-state index contributed by atoms with van der Waals surface area (Å²) in [5, 5.41) is 3.66. The normalized spacial score (nSPS) is 11.6. The van der Waals surface area contributed by atoms with Crippen molar-refractivity contribution in [2.24, 2.45) is 5.73 Å². The van der Waals surface area contributed by atoms with Crippen molar-refractivity contribution in [2.45, 2.75) is 25.8 Å². The second-order valence-electron chi connectivity index (χ2n) is 4.88. The second-order valence-corrected chi connectivity index (χ2v) is 6.23. The lowest BCUT2D eigenvalue weighted by Crippen LogP contribution is -2.29. The zero-order valence-electron chi connectivity index (χ0n) is 11.0. The van der Waals surface area contributed by atoms with Crippen LogP contribution in [0.2, 0.25) is 5.02 Å². The average molecular weight is 297 g/mol. The lowest BCUT2D eigenvalue weighted by atomic mass is 10.0. The van der Waals surface area contributed by atoms with Gasteiger partial charge in [0.05, 0.1) is 27.9 Å². The molecule has 0 spiro atoms. The maximum atomic E-state index is 6.02. The van der Waals surface area contributed by atoms with E-state index < -0.39 is 5.54 Å². The van der Waals surface area contributed by atoms with Crippen LogP contribution in [0.3, 0.4) is 0 Å². The molecule has 0 aliphatic rings. The van der Waals surface area contributed by atoms with Crippen molar-refractivity contribution >= 4 is 22.9 Å². The standard InChI is InChI=1S/C14H17ClN2OS/c1-14(2,16)12-9-19-13(17-12)7-8-18-11-6-4-3-5-10(11)15/h3-6,9H,7-8,16H2,1-2H3. The molecule has 1 aromatic carbocycles. The van der Waals surface area contributed by atoms with Crippen molar-refractivity contribution in [3.8, 4) is 5.75 Å². The van der Waals surface area contributed by atoms with Gasteiger partial charge in [0.25, 0.3) is 0 Å². The van der Waals surface area contributed by atoms with Gasteiger partial charge in [0.15, 0.2) is 0 Å². The van der Waals surface area contributed by atoms with Gasteiger partial charge >= 0.3 is 0 Å². The quantitative estimate of drug-likeness (QED) is 0.917. The van der Waals surface area contributed by atoms with Crippen LogP contribution in [0.4, 0.5) is 0 Å². The van der Waals surface area contributed by atoms with Crippen molar-refractivity contribution in [1.82, 2.24) is 4.98 Å². The molecule has 0 radical (unpaired) electrons. The van der Waals surface area contributed by atoms with E-state index in [1.54, 1.807) is 11.3 Å². The molecule has 2 rings (SSSR count). The number of ether oxygens (including phenoxy) is 1. The zero-order chi connectivity index (χ0) is 13.9. The number of benzene rings is 1. The SMILES string of the molecule is CC(C)(N)c1csc(CCOc2ccccc2Cl)n1. The van der Waals surface area contributed by atoms with E-state index in [4.69, 9.17) is 22.1 Å². The average Bonchev–Trinajstić information content (AvgIpc) is 2.80. The first-order chi connectivity index (χ1) is 8.97. The lowest BCUT2D eigenvalue weighted by Gasteiger charge is -2.14. The minimum Gasteiger partial charge on any atom is -0.492 e. The van der Waals surface area contributed by atoms with Crippen LogP contribution >= 0.6 is 22.9 Å². The summed E-state index contributed by atoms with van der Waals surface area (Å²) in [6.45, 7) is 4.46. The summed E-state index contributed by atoms with van der Waals surface area (Å²) in [6, 6.07) is 7.46. The second kappa shape index (κ2) is 5.90. The zero-order valence-corrected chi connectivity index (χ0v) is 12.6. The third kappa shape index (κ3) is 3.93. The van der Waals surface area contributed by atoms with Gasteiger partial charge in [-0.3, -0.25) is 0 Å². The molecule has 0 saturated heterocycles. The van der Waals surface area contributed by atoms with E-state index in [1.165, 1.54) is 0 Å². The van der Waals surface area contributed by atoms with E-state index in [0.29, 0.717) is 17.4 Å². The van der Waals surface area contributed by atoms with E-state index in [2.05, 4.69) is 4.98 Å². The molecule has 1 heterocycles. The first-order valence-corrected chi connectivity index (χ1v) is 7.33. The summed E-state index contributed by atoms with van der Waals surface area (Å²) in [4.78, 5) is 4.52. The summed E-state index contributed by atoms with van der Waals surface area (Å²) >= 11 is 7.63. The van der Waals surface area contributed by atoms with Gasteiger partial charge in [-0.1, -0.05) is 23.7 Å². The van der Waals surface area contributed by atoms with Crippen molar-refractivity contribution in [3.05, 3.63) is 45.4 Å². The van der Waals surface area contributed by atoms with Gasteiger partial charge in [0.1, 0.15) is 5.75 Å². The minimum atomic E-state index is -0.391. The summed E-state index contributed by atoms with van der Waals surface area (Å²) in [5.41, 5.74) is 6.54. The van der Waals surface area contributed by atoms with Crippen molar-refractivity contribution in [3.63, 3.8) is 0 Å². The predicted octanol–water partition coefficient (Wildman–Crippen LogP) is 3.61. The van der Waals surface area contributed by atoms with Crippen LogP contribution in [-0.4, -0.2) is 11.6 Å². The number of hydrogen-bond donors (Lipinski definition) is 1. The number of nitrogens with two attached hydrogens (primary N) is 1. The number of hydrogen-bond acceptors (Lipinski definition) is 4. The van der Waals surface area contributed by atoms with E-state index in [0.717, 1.165) is 17.1 Å². The van der Waals surface area contributed by atoms with Crippen LogP contribution in [0.25, 0.3) is 0 Å². The fourth-order valence-electron chi connectivity index (χ4n) is 1.53. The molecule has 0 aliphatic carbocycles. The summed E-state index contributed by atoms with van der Waals surface area (Å²) in [7, 11) is 0. The summed E-state index contributed by atoms with van der Waals surface area (Å²) in [5.74, 6) is 0.708. The topological polar surface area (TPSA) is 48.1 Å². The lowest BCUT2D eigenvalue weighted by molar-refractivity contribution is 0.321. The van der Waals surface area contributed by atoms with Crippen LogP contribution in [0.5, 0.6) is 5.75 Å². The molecule has 0 aliphatic heterocycles. The number of rotatable bonds is 5. The van der Waals surface area contributed by atoms with Crippen LogP contribution in [-0.2, 0) is 12.0 Å². The van der Waals surface area contributed by atoms with Gasteiger partial charge in [-0.2, -0.15) is 0 Å². The highest BCUT2D eigenvalue weighted by Gasteiger charge is 2.17. The molecule has 5 heteroatoms. The molecule has 1 aromatic heterocycles. The van der Waals surface area contributed by atoms with Crippen LogP contribution in [0.1, 0.15) is 24.5 Å². The number of para-hydroxylation sites is 1. The maximum absolute atomic E-state index is 6.02. The molecular weight excluding hydrogens is 280 g/mol. The number of halogens is 1. The van der Waals surface area contributed by atoms with Crippen molar-refractivity contribution in [1.29, 1.82) is 0 Å². The smallest absolute Gasteiger partial charge is 0.137 e. The Morgan fingerprint density at radius 1 is 1.37 bits per heavy atom. The first kappa shape index (κ1) is 14.3. The summed E-state index contributed by atoms with van der Waals surface area (Å²) < 4.78 is 5.64. The van der Waals surface area contributed by atoms with Gasteiger partial charge in [-0.15, -0.1) is 11.3 Å². The third-order valence-corrected chi connectivity index (χ3v) is 3.84. The molecule has 0 saturated carbocycles. The van der Waals surface area contributed by atoms with E-state index >= 15 is 0 Å². The molecule has 0 fully saturated rings. The Morgan fingerprint density at radius 2 is 2.11 bits per heavy atom. The van der Waals surface area contributed by atoms with Gasteiger partial charge in [-0.05, 0) is 26.0 Å². The Bertz CT molecular complexity index is 548. The Hall–Kier alpha value is -1.10. The van der Waals surface area contributed by atoms with Gasteiger partial charge in [0, 0.05) is 11.8 Å². The van der Waals surface area contributed by atoms with Crippen LogP contribution in [0.15, 0.2) is 29.6 Å². The van der Waals surface area contributed by atoms with E-state index in [1.807, 2.05) is 43.5 Å². The number of aromatic nitrogens is 1. The Balaban J connectivity index is 1.90. The monoisotopic (exact) mass is 296 g/mol. The minimum absolute atomic E-state index is 0.391. The molecular formula is C14H17ClN2OS. The Kier molecular flexibility index (Phi) is 4.45.